The molecule has 0 aliphatic rings. The number of carbonyl (C=O) groups is 2. The van der Waals surface area contributed by atoms with E-state index >= 15 is 0 Å². The number of esters is 2. The van der Waals surface area contributed by atoms with Crippen LogP contribution in [-0.4, -0.2) is 72.4 Å². The first-order chi connectivity index (χ1) is 13.6. The third-order valence-electron chi connectivity index (χ3n) is 3.22. The highest BCUT2D eigenvalue weighted by Gasteiger charge is 2.36. The fraction of sp³-hybridized carbons (Fsp3) is 0.684. The van der Waals surface area contributed by atoms with Crippen molar-refractivity contribution >= 4 is 31.2 Å². The van der Waals surface area contributed by atoms with Crippen molar-refractivity contribution < 1.29 is 36.8 Å². The molecule has 0 fully saturated rings. The summed E-state index contributed by atoms with van der Waals surface area (Å²) in [5.41, 5.74) is 0.859. The maximum atomic E-state index is 11.1. The standard InChI is InChI=1S/C10H20O5Si.C7H12O2.C2H8OSi/c1-9(2)10(11)15-7-6-8-16(12-3,13-4)14-5;1-4-5-9-7(8)6(2)3;1-2-3-4/h1,6-8H2,2-5H3;2,4-5H2,1,3H3;2H2,1,4H3. The molecule has 0 aromatic rings. The fourth-order valence-corrected chi connectivity index (χ4v) is 3.14. The zero-order chi connectivity index (χ0) is 23.3. The smallest absolute Gasteiger partial charge is 0.462 e. The Bertz CT molecular complexity index is 455. The predicted octanol–water partition coefficient (Wildman–Crippen LogP) is 2.19. The summed E-state index contributed by atoms with van der Waals surface area (Å²) in [6.07, 6.45) is 1.50. The van der Waals surface area contributed by atoms with Gasteiger partial charge < -0.3 is 27.2 Å². The lowest BCUT2D eigenvalue weighted by Gasteiger charge is -2.24. The average molecular weight is 453 g/mol. The summed E-state index contributed by atoms with van der Waals surface area (Å²) in [7, 11) is 3.02. The van der Waals surface area contributed by atoms with Gasteiger partial charge in [0.1, 0.15) is 10.5 Å². The molecule has 0 saturated heterocycles. The lowest BCUT2D eigenvalue weighted by Crippen LogP contribution is -2.42. The van der Waals surface area contributed by atoms with Crippen molar-refractivity contribution in [2.75, 3.05) is 41.2 Å². The first-order valence-electron chi connectivity index (χ1n) is 9.40. The SMILES string of the molecule is C=C(C)C(=O)OCCC.C=C(C)C(=O)OCCC[Si](OC)(OC)OC.CCO[SiH3]. The fourth-order valence-electron chi connectivity index (χ4n) is 1.45. The Balaban J connectivity index is -0.000000435. The van der Waals surface area contributed by atoms with Crippen molar-refractivity contribution in [3.05, 3.63) is 24.3 Å². The summed E-state index contributed by atoms with van der Waals surface area (Å²) in [5, 5.41) is 0. The second kappa shape index (κ2) is 21.4. The van der Waals surface area contributed by atoms with Gasteiger partial charge in [0, 0.05) is 45.1 Å². The van der Waals surface area contributed by atoms with E-state index in [2.05, 4.69) is 17.6 Å². The first kappa shape index (κ1) is 32.4. The van der Waals surface area contributed by atoms with Gasteiger partial charge in [0.15, 0.2) is 0 Å². The molecule has 10 heteroatoms. The molecule has 0 N–H and O–H groups in total. The van der Waals surface area contributed by atoms with Gasteiger partial charge in [-0.3, -0.25) is 0 Å². The molecule has 172 valence electrons. The Morgan fingerprint density at radius 2 is 1.24 bits per heavy atom. The second-order valence-corrected chi connectivity index (χ2v) is 9.48. The van der Waals surface area contributed by atoms with Gasteiger partial charge in [0.05, 0.1) is 13.2 Å². The molecule has 0 bridgehead atoms. The van der Waals surface area contributed by atoms with Gasteiger partial charge in [-0.1, -0.05) is 20.1 Å². The Morgan fingerprint density at radius 3 is 1.52 bits per heavy atom. The van der Waals surface area contributed by atoms with Crippen LogP contribution in [0.4, 0.5) is 0 Å². The Kier molecular flexibility index (Phi) is 23.9. The molecular weight excluding hydrogens is 412 g/mol. The Morgan fingerprint density at radius 1 is 0.862 bits per heavy atom. The van der Waals surface area contributed by atoms with Crippen LogP contribution in [-0.2, 0) is 36.8 Å². The molecule has 0 aliphatic heterocycles. The normalized spacial score (nSPS) is 10.0. The molecule has 0 aromatic heterocycles. The Hall–Kier alpha value is -1.31. The summed E-state index contributed by atoms with van der Waals surface area (Å²) in [5.74, 6) is -0.670. The topological polar surface area (TPSA) is 89.5 Å². The minimum absolute atomic E-state index is 0.295. The van der Waals surface area contributed by atoms with Crippen molar-refractivity contribution in [2.24, 2.45) is 0 Å². The highest BCUT2D eigenvalue weighted by atomic mass is 28.4. The van der Waals surface area contributed by atoms with Gasteiger partial charge in [-0.05, 0) is 33.6 Å². The lowest BCUT2D eigenvalue weighted by molar-refractivity contribution is -0.139. The summed E-state index contributed by atoms with van der Waals surface area (Å²) < 4.78 is 30.0. The van der Waals surface area contributed by atoms with E-state index in [-0.39, 0.29) is 11.9 Å². The van der Waals surface area contributed by atoms with Crippen LogP contribution >= 0.6 is 0 Å². The summed E-state index contributed by atoms with van der Waals surface area (Å²) in [6.45, 7) is 15.8. The lowest BCUT2D eigenvalue weighted by atomic mass is 10.4. The molecule has 0 heterocycles. The van der Waals surface area contributed by atoms with Gasteiger partial charge in [0.25, 0.3) is 0 Å². The minimum Gasteiger partial charge on any atom is -0.462 e. The molecule has 29 heavy (non-hydrogen) atoms. The molecule has 8 nitrogen and oxygen atoms in total. The third kappa shape index (κ3) is 19.8. The average Bonchev–Trinajstić information content (AvgIpc) is 2.72. The number of hydrogen-bond donors (Lipinski definition) is 0. The van der Waals surface area contributed by atoms with Gasteiger partial charge in [0.2, 0.25) is 0 Å². The monoisotopic (exact) mass is 452 g/mol. The van der Waals surface area contributed by atoms with Gasteiger partial charge in [-0.15, -0.1) is 0 Å². The van der Waals surface area contributed by atoms with E-state index in [4.69, 9.17) is 22.8 Å². The molecule has 0 spiro atoms. The van der Waals surface area contributed by atoms with Gasteiger partial charge in [-0.2, -0.15) is 0 Å². The van der Waals surface area contributed by atoms with Crippen molar-refractivity contribution in [1.29, 1.82) is 0 Å². The Labute approximate surface area is 180 Å². The molecule has 0 radical (unpaired) electrons. The quantitative estimate of drug-likeness (QED) is 0.193. The molecule has 0 rings (SSSR count). The van der Waals surface area contributed by atoms with E-state index in [9.17, 15) is 9.59 Å². The van der Waals surface area contributed by atoms with Crippen molar-refractivity contribution in [3.8, 4) is 0 Å². The van der Waals surface area contributed by atoms with Gasteiger partial charge >= 0.3 is 20.7 Å². The van der Waals surface area contributed by atoms with Crippen LogP contribution in [0.25, 0.3) is 0 Å². The van der Waals surface area contributed by atoms with E-state index in [1.165, 1.54) is 0 Å². The molecule has 0 saturated carbocycles. The van der Waals surface area contributed by atoms with Crippen LogP contribution in [0.15, 0.2) is 24.3 Å². The van der Waals surface area contributed by atoms with Crippen LogP contribution in [0.3, 0.4) is 0 Å². The molecule has 0 amide bonds. The number of carbonyl (C=O) groups excluding carboxylic acids is 2. The third-order valence-corrected chi connectivity index (χ3v) is 6.63. The molecule has 0 aromatic carbocycles. The van der Waals surface area contributed by atoms with E-state index in [0.717, 1.165) is 23.5 Å². The maximum Gasteiger partial charge on any atom is 0.500 e. The van der Waals surface area contributed by atoms with Crippen LogP contribution in [0.5, 0.6) is 0 Å². The highest BCUT2D eigenvalue weighted by Crippen LogP contribution is 2.14. The van der Waals surface area contributed by atoms with E-state index in [1.54, 1.807) is 35.2 Å². The van der Waals surface area contributed by atoms with Crippen molar-refractivity contribution in [3.63, 3.8) is 0 Å². The van der Waals surface area contributed by atoms with Crippen molar-refractivity contribution in [1.82, 2.24) is 0 Å². The molecule has 0 unspecified atom stereocenters. The minimum atomic E-state index is -2.53. The summed E-state index contributed by atoms with van der Waals surface area (Å²) >= 11 is 0. The molecule has 0 aliphatic carbocycles. The van der Waals surface area contributed by atoms with E-state index in [1.807, 2.05) is 13.8 Å². The van der Waals surface area contributed by atoms with Crippen LogP contribution < -0.4 is 0 Å². The van der Waals surface area contributed by atoms with Crippen LogP contribution in [0.1, 0.15) is 40.5 Å². The molecular formula is C19H40O8Si2. The van der Waals surface area contributed by atoms with Crippen LogP contribution in [0.2, 0.25) is 6.04 Å². The summed E-state index contributed by atoms with van der Waals surface area (Å²) in [6, 6.07) is 0.611. The highest BCUT2D eigenvalue weighted by molar-refractivity contribution is 6.60. The maximum absolute atomic E-state index is 11.1. The second-order valence-electron chi connectivity index (χ2n) is 5.81. The number of ether oxygens (including phenoxy) is 2. The first-order valence-corrected chi connectivity index (χ1v) is 12.2. The van der Waals surface area contributed by atoms with Crippen molar-refractivity contribution in [2.45, 2.75) is 46.6 Å². The van der Waals surface area contributed by atoms with E-state index in [0.29, 0.717) is 36.8 Å². The summed E-state index contributed by atoms with van der Waals surface area (Å²) in [4.78, 5) is 21.7. The predicted molar refractivity (Wildman–Crippen MR) is 120 cm³/mol. The number of rotatable bonds is 12. The van der Waals surface area contributed by atoms with E-state index < -0.39 is 8.80 Å². The zero-order valence-electron chi connectivity index (χ0n) is 19.4. The molecule has 0 atom stereocenters. The zero-order valence-corrected chi connectivity index (χ0v) is 22.4. The number of hydrogen-bond acceptors (Lipinski definition) is 8. The van der Waals surface area contributed by atoms with Gasteiger partial charge in [-0.25, -0.2) is 9.59 Å². The van der Waals surface area contributed by atoms with Crippen LogP contribution in [0, 0.1) is 0 Å². The largest absolute Gasteiger partial charge is 0.500 e.